The second-order valence-corrected chi connectivity index (χ2v) is 4.11. The van der Waals surface area contributed by atoms with Crippen LogP contribution >= 0.6 is 11.6 Å². The van der Waals surface area contributed by atoms with Gasteiger partial charge in [-0.2, -0.15) is 0 Å². The summed E-state index contributed by atoms with van der Waals surface area (Å²) in [5, 5.41) is 11.7. The molecule has 5 heteroatoms. The largest absolute Gasteiger partial charge is 0.350 e. The second-order valence-electron chi connectivity index (χ2n) is 3.72. The predicted molar refractivity (Wildman–Crippen MR) is 61.3 cm³/mol. The van der Waals surface area contributed by atoms with Crippen LogP contribution in [0.25, 0.3) is 0 Å². The summed E-state index contributed by atoms with van der Waals surface area (Å²) in [7, 11) is 0. The summed E-state index contributed by atoms with van der Waals surface area (Å²) in [6.07, 6.45) is 1.11. The molecule has 1 aliphatic heterocycles. The first-order chi connectivity index (χ1) is 7.31. The zero-order valence-corrected chi connectivity index (χ0v) is 9.54. The van der Waals surface area contributed by atoms with Crippen LogP contribution < -0.4 is 10.2 Å². The molecule has 2 heterocycles. The fourth-order valence-electron chi connectivity index (χ4n) is 1.68. The standard InChI is InChI=1S/C10H15ClN4/c1-2-5-15(8-6-12-7-8)10-4-3-9(11)13-14-10/h3-4,8,12H,2,5-7H2,1H3. The SMILES string of the molecule is CCCN(c1ccc(Cl)nn1)C1CNC1. The molecule has 1 N–H and O–H groups in total. The smallest absolute Gasteiger partial charge is 0.151 e. The Bertz CT molecular complexity index is 310. The highest BCUT2D eigenvalue weighted by Crippen LogP contribution is 2.17. The molecule has 1 fully saturated rings. The lowest BCUT2D eigenvalue weighted by molar-refractivity contribution is 0.409. The van der Waals surface area contributed by atoms with Gasteiger partial charge in [0.05, 0.1) is 6.04 Å². The minimum atomic E-state index is 0.446. The monoisotopic (exact) mass is 226 g/mol. The Hall–Kier alpha value is -0.870. The molecule has 1 aromatic rings. The normalized spacial score (nSPS) is 16.1. The first-order valence-electron chi connectivity index (χ1n) is 5.28. The zero-order chi connectivity index (χ0) is 10.7. The van der Waals surface area contributed by atoms with Crippen LogP contribution in [0.5, 0.6) is 0 Å². The van der Waals surface area contributed by atoms with Crippen LogP contribution in [0.4, 0.5) is 5.82 Å². The molecule has 0 spiro atoms. The maximum Gasteiger partial charge on any atom is 0.151 e. The van der Waals surface area contributed by atoms with Gasteiger partial charge in [0.25, 0.3) is 0 Å². The Morgan fingerprint density at radius 3 is 2.73 bits per heavy atom. The topological polar surface area (TPSA) is 41.1 Å². The van der Waals surface area contributed by atoms with Gasteiger partial charge in [0.15, 0.2) is 11.0 Å². The van der Waals surface area contributed by atoms with Crippen LogP contribution in [0.2, 0.25) is 5.15 Å². The molecule has 82 valence electrons. The Balaban J connectivity index is 2.12. The molecule has 0 amide bonds. The summed E-state index contributed by atoms with van der Waals surface area (Å²) in [6.45, 7) is 5.25. The van der Waals surface area contributed by atoms with E-state index in [4.69, 9.17) is 11.6 Å². The van der Waals surface area contributed by atoms with Gasteiger partial charge in [0.2, 0.25) is 0 Å². The van der Waals surface area contributed by atoms with Gasteiger partial charge < -0.3 is 10.2 Å². The van der Waals surface area contributed by atoms with Gasteiger partial charge in [-0.15, -0.1) is 10.2 Å². The third-order valence-corrected chi connectivity index (χ3v) is 2.78. The van der Waals surface area contributed by atoms with Gasteiger partial charge in [0, 0.05) is 19.6 Å². The summed E-state index contributed by atoms with van der Waals surface area (Å²) >= 11 is 5.72. The number of rotatable bonds is 4. The minimum Gasteiger partial charge on any atom is -0.350 e. The molecule has 0 bridgehead atoms. The van der Waals surface area contributed by atoms with Gasteiger partial charge >= 0.3 is 0 Å². The number of nitrogens with one attached hydrogen (secondary N) is 1. The highest BCUT2D eigenvalue weighted by atomic mass is 35.5. The number of anilines is 1. The van der Waals surface area contributed by atoms with Crippen molar-refractivity contribution in [1.29, 1.82) is 0 Å². The highest BCUT2D eigenvalue weighted by Gasteiger charge is 2.25. The van der Waals surface area contributed by atoms with Crippen molar-refractivity contribution >= 4 is 17.4 Å². The lowest BCUT2D eigenvalue weighted by Gasteiger charge is -2.38. The first kappa shape index (κ1) is 10.6. The summed E-state index contributed by atoms with van der Waals surface area (Å²) < 4.78 is 0. The first-order valence-corrected chi connectivity index (χ1v) is 5.65. The summed E-state index contributed by atoms with van der Waals surface area (Å²) in [5.74, 6) is 0.924. The van der Waals surface area contributed by atoms with Crippen molar-refractivity contribution in [2.24, 2.45) is 0 Å². The molecule has 0 aromatic carbocycles. The Kier molecular flexibility index (Phi) is 3.38. The highest BCUT2D eigenvalue weighted by molar-refractivity contribution is 6.29. The quantitative estimate of drug-likeness (QED) is 0.841. The fraction of sp³-hybridized carbons (Fsp3) is 0.600. The van der Waals surface area contributed by atoms with Gasteiger partial charge in [0.1, 0.15) is 0 Å². The third-order valence-electron chi connectivity index (χ3n) is 2.58. The average Bonchev–Trinajstić information content (AvgIpc) is 2.16. The third kappa shape index (κ3) is 2.38. The van der Waals surface area contributed by atoms with E-state index in [2.05, 4.69) is 27.3 Å². The van der Waals surface area contributed by atoms with E-state index < -0.39 is 0 Å². The van der Waals surface area contributed by atoms with Crippen molar-refractivity contribution in [2.45, 2.75) is 19.4 Å². The Labute approximate surface area is 94.6 Å². The Morgan fingerprint density at radius 2 is 2.27 bits per heavy atom. The average molecular weight is 227 g/mol. The summed E-state index contributed by atoms with van der Waals surface area (Å²) in [6, 6.07) is 4.28. The van der Waals surface area contributed by atoms with Crippen LogP contribution in [-0.4, -0.2) is 35.9 Å². The van der Waals surface area contributed by atoms with E-state index in [-0.39, 0.29) is 0 Å². The van der Waals surface area contributed by atoms with E-state index >= 15 is 0 Å². The van der Waals surface area contributed by atoms with Gasteiger partial charge in [-0.3, -0.25) is 0 Å². The van der Waals surface area contributed by atoms with E-state index in [0.717, 1.165) is 31.9 Å². The van der Waals surface area contributed by atoms with Crippen LogP contribution in [0.3, 0.4) is 0 Å². The molecule has 0 radical (unpaired) electrons. The molecular formula is C10H15ClN4. The molecular weight excluding hydrogens is 212 g/mol. The van der Waals surface area contributed by atoms with Gasteiger partial charge in [-0.05, 0) is 18.6 Å². The lowest BCUT2D eigenvalue weighted by Crippen LogP contribution is -2.57. The van der Waals surface area contributed by atoms with E-state index in [0.29, 0.717) is 11.2 Å². The van der Waals surface area contributed by atoms with Crippen LogP contribution in [0.1, 0.15) is 13.3 Å². The van der Waals surface area contributed by atoms with Crippen molar-refractivity contribution in [2.75, 3.05) is 24.5 Å². The van der Waals surface area contributed by atoms with Gasteiger partial charge in [-0.25, -0.2) is 0 Å². The van der Waals surface area contributed by atoms with E-state index in [1.165, 1.54) is 0 Å². The van der Waals surface area contributed by atoms with Crippen LogP contribution in [0, 0.1) is 0 Å². The van der Waals surface area contributed by atoms with Crippen molar-refractivity contribution in [3.05, 3.63) is 17.3 Å². The molecule has 2 rings (SSSR count). The van der Waals surface area contributed by atoms with Crippen LogP contribution in [-0.2, 0) is 0 Å². The van der Waals surface area contributed by atoms with Crippen molar-refractivity contribution in [3.8, 4) is 0 Å². The van der Waals surface area contributed by atoms with Crippen molar-refractivity contribution in [1.82, 2.24) is 15.5 Å². The van der Waals surface area contributed by atoms with E-state index in [9.17, 15) is 0 Å². The van der Waals surface area contributed by atoms with Gasteiger partial charge in [-0.1, -0.05) is 18.5 Å². The van der Waals surface area contributed by atoms with E-state index in [1.54, 1.807) is 6.07 Å². The molecule has 0 atom stereocenters. The lowest BCUT2D eigenvalue weighted by atomic mass is 10.1. The number of hydrogen-bond acceptors (Lipinski definition) is 4. The molecule has 0 saturated carbocycles. The zero-order valence-electron chi connectivity index (χ0n) is 8.78. The van der Waals surface area contributed by atoms with Crippen molar-refractivity contribution < 1.29 is 0 Å². The molecule has 1 aromatic heterocycles. The van der Waals surface area contributed by atoms with E-state index in [1.807, 2.05) is 6.07 Å². The number of halogens is 1. The maximum absolute atomic E-state index is 5.72. The summed E-state index contributed by atoms with van der Waals surface area (Å²) in [4.78, 5) is 2.29. The number of nitrogens with zero attached hydrogens (tertiary/aromatic N) is 3. The summed E-state index contributed by atoms with van der Waals surface area (Å²) in [5.41, 5.74) is 0. The van der Waals surface area contributed by atoms with Crippen LogP contribution in [0.15, 0.2) is 12.1 Å². The Morgan fingerprint density at radius 1 is 1.47 bits per heavy atom. The molecule has 4 nitrogen and oxygen atoms in total. The minimum absolute atomic E-state index is 0.446. The number of hydrogen-bond donors (Lipinski definition) is 1. The molecule has 0 aliphatic carbocycles. The van der Waals surface area contributed by atoms with Crippen molar-refractivity contribution in [3.63, 3.8) is 0 Å². The fourth-order valence-corrected chi connectivity index (χ4v) is 1.78. The molecule has 1 saturated heterocycles. The molecule has 1 aliphatic rings. The molecule has 15 heavy (non-hydrogen) atoms. The number of aromatic nitrogens is 2. The second kappa shape index (κ2) is 4.77. The molecule has 0 unspecified atom stereocenters. The maximum atomic E-state index is 5.72. The predicted octanol–water partition coefficient (Wildman–Crippen LogP) is 1.32.